The first-order valence-electron chi connectivity index (χ1n) is 4.64. The van der Waals surface area contributed by atoms with Gasteiger partial charge in [0.25, 0.3) is 0 Å². The van der Waals surface area contributed by atoms with E-state index in [0.29, 0.717) is 5.69 Å². The van der Waals surface area contributed by atoms with Gasteiger partial charge in [0.15, 0.2) is 0 Å². The van der Waals surface area contributed by atoms with Crippen molar-refractivity contribution in [2.45, 2.75) is 13.8 Å². The summed E-state index contributed by atoms with van der Waals surface area (Å²) in [4.78, 5) is 25.6. The van der Waals surface area contributed by atoms with Crippen LogP contribution in [-0.4, -0.2) is 22.0 Å². The number of hydrogen-bond acceptors (Lipinski definition) is 3. The number of rotatable bonds is 3. The average Bonchev–Trinajstić information content (AvgIpc) is 2.12. The molecular weight excluding hydrogens is 208 g/mol. The summed E-state index contributed by atoms with van der Waals surface area (Å²) in [5, 5.41) is 10.9. The topological polar surface area (TPSA) is 79.3 Å². The van der Waals surface area contributed by atoms with E-state index in [1.54, 1.807) is 12.1 Å². The van der Waals surface area contributed by atoms with E-state index in [0.717, 1.165) is 23.5 Å². The van der Waals surface area contributed by atoms with Crippen LogP contribution in [0.2, 0.25) is 0 Å². The maximum Gasteiger partial charge on any atom is 0.328 e. The minimum absolute atomic E-state index is 0.479. The van der Waals surface area contributed by atoms with Gasteiger partial charge in [0.1, 0.15) is 0 Å². The number of nitrogens with one attached hydrogen (secondary N) is 1. The van der Waals surface area contributed by atoms with E-state index in [1.165, 1.54) is 0 Å². The number of anilines is 1. The van der Waals surface area contributed by atoms with Crippen molar-refractivity contribution in [1.29, 1.82) is 0 Å². The molecule has 0 aromatic carbocycles. The van der Waals surface area contributed by atoms with Crippen molar-refractivity contribution < 1.29 is 14.7 Å². The molecule has 0 aliphatic rings. The summed E-state index contributed by atoms with van der Waals surface area (Å²) in [6.45, 7) is 3.63. The summed E-state index contributed by atoms with van der Waals surface area (Å²) in [6.07, 6.45) is 1.75. The van der Waals surface area contributed by atoms with Gasteiger partial charge >= 0.3 is 5.97 Å². The maximum atomic E-state index is 11.3. The Labute approximate surface area is 92.8 Å². The highest BCUT2D eigenvalue weighted by Gasteiger charge is 2.00. The molecule has 0 saturated heterocycles. The molecule has 0 aliphatic heterocycles. The zero-order valence-corrected chi connectivity index (χ0v) is 9.02. The molecule has 0 atom stereocenters. The van der Waals surface area contributed by atoms with Crippen LogP contribution >= 0.6 is 0 Å². The zero-order valence-electron chi connectivity index (χ0n) is 9.02. The molecule has 0 fully saturated rings. The van der Waals surface area contributed by atoms with Gasteiger partial charge in [0.05, 0.1) is 0 Å². The van der Waals surface area contributed by atoms with Crippen molar-refractivity contribution in [3.8, 4) is 0 Å². The van der Waals surface area contributed by atoms with Crippen molar-refractivity contribution >= 4 is 17.6 Å². The number of pyridine rings is 1. The first-order valence-corrected chi connectivity index (χ1v) is 4.64. The molecule has 0 aliphatic carbocycles. The molecule has 0 spiro atoms. The lowest BCUT2D eigenvalue weighted by atomic mass is 10.3. The fourth-order valence-corrected chi connectivity index (χ4v) is 1.24. The predicted molar refractivity (Wildman–Crippen MR) is 59.1 cm³/mol. The number of aryl methyl sites for hydroxylation is 2. The van der Waals surface area contributed by atoms with E-state index in [9.17, 15) is 9.59 Å². The minimum atomic E-state index is -1.16. The van der Waals surface area contributed by atoms with Crippen LogP contribution in [-0.2, 0) is 9.59 Å². The van der Waals surface area contributed by atoms with Gasteiger partial charge in [0.2, 0.25) is 5.91 Å². The lowest BCUT2D eigenvalue weighted by Gasteiger charge is -2.04. The first-order chi connectivity index (χ1) is 7.47. The molecule has 1 aromatic rings. The van der Waals surface area contributed by atoms with E-state index >= 15 is 0 Å². The molecule has 1 heterocycles. The van der Waals surface area contributed by atoms with Crippen molar-refractivity contribution in [3.05, 3.63) is 35.7 Å². The lowest BCUT2D eigenvalue weighted by Crippen LogP contribution is -2.09. The number of nitrogens with zero attached hydrogens (tertiary/aromatic N) is 1. The van der Waals surface area contributed by atoms with E-state index in [1.807, 2.05) is 13.8 Å². The third-order valence-electron chi connectivity index (χ3n) is 1.73. The van der Waals surface area contributed by atoms with Gasteiger partial charge in [-0.1, -0.05) is 0 Å². The summed E-state index contributed by atoms with van der Waals surface area (Å²) in [5.74, 6) is -1.63. The van der Waals surface area contributed by atoms with Gasteiger partial charge < -0.3 is 10.4 Å². The molecular formula is C11H12N2O3. The number of aromatic nitrogens is 1. The van der Waals surface area contributed by atoms with Crippen LogP contribution in [0.25, 0.3) is 0 Å². The quantitative estimate of drug-likeness (QED) is 0.752. The molecule has 0 unspecified atom stereocenters. The highest BCUT2D eigenvalue weighted by molar-refractivity contribution is 6.02. The maximum absolute atomic E-state index is 11.3. The lowest BCUT2D eigenvalue weighted by molar-refractivity contribution is -0.131. The summed E-state index contributed by atoms with van der Waals surface area (Å²) < 4.78 is 0. The van der Waals surface area contributed by atoms with Crippen LogP contribution in [0.3, 0.4) is 0 Å². The van der Waals surface area contributed by atoms with E-state index < -0.39 is 11.9 Å². The molecule has 0 saturated carbocycles. The summed E-state index contributed by atoms with van der Waals surface area (Å²) in [7, 11) is 0. The van der Waals surface area contributed by atoms with Gasteiger partial charge in [-0.25, -0.2) is 4.79 Å². The van der Waals surface area contributed by atoms with E-state index in [2.05, 4.69) is 10.3 Å². The standard InChI is InChI=1S/C11H12N2O3/c1-7-5-9(6-8(2)12-7)13-10(14)3-4-11(15)16/h3-6H,1-2H3,(H,15,16)(H,12,13,14). The molecule has 0 radical (unpaired) electrons. The van der Waals surface area contributed by atoms with Crippen molar-refractivity contribution in [3.63, 3.8) is 0 Å². The molecule has 1 amide bonds. The van der Waals surface area contributed by atoms with Crippen molar-refractivity contribution in [2.24, 2.45) is 0 Å². The van der Waals surface area contributed by atoms with Crippen LogP contribution in [0.1, 0.15) is 11.4 Å². The Morgan fingerprint density at radius 2 is 1.81 bits per heavy atom. The van der Waals surface area contributed by atoms with Gasteiger partial charge in [-0.05, 0) is 26.0 Å². The fourth-order valence-electron chi connectivity index (χ4n) is 1.24. The normalized spacial score (nSPS) is 10.4. The van der Waals surface area contributed by atoms with Gasteiger partial charge in [0, 0.05) is 29.2 Å². The van der Waals surface area contributed by atoms with E-state index in [-0.39, 0.29) is 0 Å². The number of hydrogen-bond donors (Lipinski definition) is 2. The number of carbonyl (C=O) groups is 2. The molecule has 5 nitrogen and oxygen atoms in total. The smallest absolute Gasteiger partial charge is 0.328 e. The van der Waals surface area contributed by atoms with E-state index in [4.69, 9.17) is 5.11 Å². The average molecular weight is 220 g/mol. The molecule has 5 heteroatoms. The Morgan fingerprint density at radius 3 is 2.31 bits per heavy atom. The predicted octanol–water partition coefficient (Wildman–Crippen LogP) is 1.28. The zero-order chi connectivity index (χ0) is 12.1. The molecule has 0 bridgehead atoms. The third-order valence-corrected chi connectivity index (χ3v) is 1.73. The van der Waals surface area contributed by atoms with Gasteiger partial charge in [-0.3, -0.25) is 9.78 Å². The SMILES string of the molecule is Cc1cc(NC(=O)C=CC(=O)O)cc(C)n1. The van der Waals surface area contributed by atoms with Crippen LogP contribution in [0.5, 0.6) is 0 Å². The summed E-state index contributed by atoms with van der Waals surface area (Å²) in [5.41, 5.74) is 2.18. The number of aliphatic carboxylic acids is 1. The number of amides is 1. The van der Waals surface area contributed by atoms with Crippen LogP contribution in [0.4, 0.5) is 5.69 Å². The molecule has 1 rings (SSSR count). The second-order valence-electron chi connectivity index (χ2n) is 3.30. The van der Waals surface area contributed by atoms with Crippen LogP contribution in [0, 0.1) is 13.8 Å². The summed E-state index contributed by atoms with van der Waals surface area (Å²) in [6, 6.07) is 3.42. The Kier molecular flexibility index (Phi) is 3.77. The molecule has 1 aromatic heterocycles. The molecule has 16 heavy (non-hydrogen) atoms. The monoisotopic (exact) mass is 220 g/mol. The Bertz CT molecular complexity index is 432. The Morgan fingerprint density at radius 1 is 1.25 bits per heavy atom. The minimum Gasteiger partial charge on any atom is -0.478 e. The third kappa shape index (κ3) is 3.91. The highest BCUT2D eigenvalue weighted by atomic mass is 16.4. The Balaban J connectivity index is 2.73. The highest BCUT2D eigenvalue weighted by Crippen LogP contribution is 2.10. The van der Waals surface area contributed by atoms with Crippen LogP contribution in [0.15, 0.2) is 24.3 Å². The van der Waals surface area contributed by atoms with Gasteiger partial charge in [-0.15, -0.1) is 0 Å². The number of carbonyl (C=O) groups excluding carboxylic acids is 1. The molecule has 84 valence electrons. The van der Waals surface area contributed by atoms with Crippen molar-refractivity contribution in [1.82, 2.24) is 4.98 Å². The van der Waals surface area contributed by atoms with Crippen LogP contribution < -0.4 is 5.32 Å². The Hall–Kier alpha value is -2.17. The second kappa shape index (κ2) is 5.06. The fraction of sp³-hybridized carbons (Fsp3) is 0.182. The first kappa shape index (κ1) is 11.9. The summed E-state index contributed by atoms with van der Waals surface area (Å²) >= 11 is 0. The largest absolute Gasteiger partial charge is 0.478 e. The second-order valence-corrected chi connectivity index (χ2v) is 3.30. The van der Waals surface area contributed by atoms with Gasteiger partial charge in [-0.2, -0.15) is 0 Å². The molecule has 2 N–H and O–H groups in total. The van der Waals surface area contributed by atoms with Crippen molar-refractivity contribution in [2.75, 3.05) is 5.32 Å². The number of carboxylic acids is 1. The number of carboxylic acid groups (broad SMARTS) is 1.